The Hall–Kier alpha value is -0.440. The first-order valence-corrected chi connectivity index (χ1v) is 11.3. The number of hydrogen-bond donors (Lipinski definition) is 1. The first kappa shape index (κ1) is 19.9. The molecule has 138 valence electrons. The van der Waals surface area contributed by atoms with Crippen LogP contribution in [0.1, 0.15) is 77.6 Å². The van der Waals surface area contributed by atoms with Gasteiger partial charge in [-0.3, -0.25) is 4.79 Å². The van der Waals surface area contributed by atoms with Crippen molar-refractivity contribution in [3.05, 3.63) is 12.2 Å². The summed E-state index contributed by atoms with van der Waals surface area (Å²) < 4.78 is 0. The number of carboxylic acid groups (broad SMARTS) is 1. The van der Waals surface area contributed by atoms with Crippen molar-refractivity contribution in [3.63, 3.8) is 0 Å². The van der Waals surface area contributed by atoms with Crippen molar-refractivity contribution >= 4 is 17.7 Å². The minimum atomic E-state index is -0.674. The maximum atomic E-state index is 10.5. The lowest BCUT2D eigenvalue weighted by Crippen LogP contribution is -2.24. The second-order valence-corrected chi connectivity index (χ2v) is 8.94. The highest BCUT2D eigenvalue weighted by molar-refractivity contribution is 7.99. The molecule has 2 fully saturated rings. The van der Waals surface area contributed by atoms with Crippen molar-refractivity contribution in [2.24, 2.45) is 23.7 Å². The summed E-state index contributed by atoms with van der Waals surface area (Å²) in [5.74, 6) is 5.89. The van der Waals surface area contributed by atoms with Gasteiger partial charge in [-0.15, -0.1) is 0 Å². The Labute approximate surface area is 152 Å². The molecule has 0 spiro atoms. The van der Waals surface area contributed by atoms with Gasteiger partial charge in [0.2, 0.25) is 0 Å². The van der Waals surface area contributed by atoms with Crippen LogP contribution in [0.25, 0.3) is 0 Å². The predicted octanol–water partition coefficient (Wildman–Crippen LogP) is 6.16. The number of rotatable bonds is 13. The third kappa shape index (κ3) is 6.46. The monoisotopic (exact) mass is 352 g/mol. The Morgan fingerprint density at radius 2 is 1.88 bits per heavy atom. The topological polar surface area (TPSA) is 37.3 Å². The molecule has 2 bridgehead atoms. The van der Waals surface area contributed by atoms with Gasteiger partial charge in [0.25, 0.3) is 0 Å². The highest BCUT2D eigenvalue weighted by Crippen LogP contribution is 2.54. The first-order chi connectivity index (χ1) is 11.7. The van der Waals surface area contributed by atoms with Crippen molar-refractivity contribution in [2.75, 3.05) is 11.5 Å². The van der Waals surface area contributed by atoms with Gasteiger partial charge in [0.05, 0.1) is 0 Å². The van der Waals surface area contributed by atoms with Gasteiger partial charge in [0, 0.05) is 6.42 Å². The Morgan fingerprint density at radius 3 is 2.62 bits per heavy atom. The van der Waals surface area contributed by atoms with E-state index in [4.69, 9.17) is 5.11 Å². The molecule has 0 radical (unpaired) electrons. The Balaban J connectivity index is 1.65. The normalized spacial score (nSPS) is 28.9. The average Bonchev–Trinajstić information content (AvgIpc) is 3.15. The summed E-state index contributed by atoms with van der Waals surface area (Å²) >= 11 is 2.21. The van der Waals surface area contributed by atoms with Gasteiger partial charge in [0.15, 0.2) is 0 Å². The summed E-state index contributed by atoms with van der Waals surface area (Å²) in [5, 5.41) is 8.67. The van der Waals surface area contributed by atoms with Crippen molar-refractivity contribution in [2.45, 2.75) is 77.6 Å². The zero-order chi connectivity index (χ0) is 17.2. The molecule has 0 heterocycles. The number of unbranched alkanes of at least 4 members (excludes halogenated alkanes) is 4. The van der Waals surface area contributed by atoms with E-state index in [-0.39, 0.29) is 0 Å². The van der Waals surface area contributed by atoms with Crippen LogP contribution in [-0.4, -0.2) is 22.6 Å². The summed E-state index contributed by atoms with van der Waals surface area (Å²) in [4.78, 5) is 10.5. The highest BCUT2D eigenvalue weighted by Gasteiger charge is 2.46. The number of allylic oxidation sites excluding steroid dienone is 2. The maximum Gasteiger partial charge on any atom is 0.303 e. The fourth-order valence-corrected chi connectivity index (χ4v) is 6.12. The van der Waals surface area contributed by atoms with Crippen LogP contribution in [0.4, 0.5) is 0 Å². The molecular weight excluding hydrogens is 316 g/mol. The number of carboxylic acids is 1. The summed E-state index contributed by atoms with van der Waals surface area (Å²) in [6, 6.07) is 0. The number of carbonyl (C=O) groups is 1. The van der Waals surface area contributed by atoms with Crippen molar-refractivity contribution in [1.82, 2.24) is 0 Å². The smallest absolute Gasteiger partial charge is 0.303 e. The SMILES string of the molecule is CCCCCCSC[C@@H]1[C@@H]2CC[C@@H](C2)[C@@H]1CC=CCCCC(=O)O. The molecule has 2 nitrogen and oxygen atoms in total. The van der Waals surface area contributed by atoms with Gasteiger partial charge in [-0.25, -0.2) is 0 Å². The lowest BCUT2D eigenvalue weighted by molar-refractivity contribution is -0.137. The maximum absolute atomic E-state index is 10.5. The molecule has 0 amide bonds. The first-order valence-electron chi connectivity index (χ1n) is 10.2. The number of hydrogen-bond acceptors (Lipinski definition) is 2. The van der Waals surface area contributed by atoms with Crippen molar-refractivity contribution in [1.29, 1.82) is 0 Å². The van der Waals surface area contributed by atoms with Crippen LogP contribution < -0.4 is 0 Å². The zero-order valence-corrected chi connectivity index (χ0v) is 16.2. The van der Waals surface area contributed by atoms with Crippen LogP contribution in [0, 0.1) is 23.7 Å². The van der Waals surface area contributed by atoms with E-state index in [0.717, 1.165) is 36.5 Å². The van der Waals surface area contributed by atoms with E-state index in [1.807, 2.05) is 0 Å². The molecule has 0 aromatic carbocycles. The third-order valence-corrected chi connectivity index (χ3v) is 7.26. The van der Waals surface area contributed by atoms with Gasteiger partial charge >= 0.3 is 5.97 Å². The van der Waals surface area contributed by atoms with Gasteiger partial charge in [0.1, 0.15) is 0 Å². The summed E-state index contributed by atoms with van der Waals surface area (Å²) in [6.07, 6.45) is 17.8. The molecule has 3 heteroatoms. The largest absolute Gasteiger partial charge is 0.481 e. The molecule has 0 aromatic heterocycles. The zero-order valence-electron chi connectivity index (χ0n) is 15.4. The Morgan fingerprint density at radius 1 is 1.08 bits per heavy atom. The van der Waals surface area contributed by atoms with Crippen LogP contribution in [0.5, 0.6) is 0 Å². The molecule has 0 unspecified atom stereocenters. The van der Waals surface area contributed by atoms with E-state index in [1.165, 1.54) is 62.9 Å². The third-order valence-electron chi connectivity index (χ3n) is 6.06. The van der Waals surface area contributed by atoms with E-state index in [9.17, 15) is 4.79 Å². The predicted molar refractivity (Wildman–Crippen MR) is 105 cm³/mol. The molecule has 0 saturated heterocycles. The number of fused-ring (bicyclic) bond motifs is 2. The standard InChI is InChI=1S/C21H36O2S/c1-2-3-4-9-14-24-16-20-18-13-12-17(15-18)19(20)10-7-5-6-8-11-21(22)23/h5,7,17-20H,2-4,6,8-16H2,1H3,(H,22,23)/t17-,18+,19-,20+/m0/s1. The molecule has 2 rings (SSSR count). The molecule has 2 aliphatic rings. The van der Waals surface area contributed by atoms with E-state index in [0.29, 0.717) is 6.42 Å². The molecular formula is C21H36O2S. The average molecular weight is 353 g/mol. The molecule has 1 N–H and O–H groups in total. The van der Waals surface area contributed by atoms with Crippen molar-refractivity contribution in [3.8, 4) is 0 Å². The summed E-state index contributed by atoms with van der Waals surface area (Å²) in [6.45, 7) is 2.28. The van der Waals surface area contributed by atoms with E-state index >= 15 is 0 Å². The van der Waals surface area contributed by atoms with E-state index < -0.39 is 5.97 Å². The molecule has 0 aliphatic heterocycles. The molecule has 24 heavy (non-hydrogen) atoms. The number of aliphatic carboxylic acids is 1. The van der Waals surface area contributed by atoms with Gasteiger partial charge < -0.3 is 5.11 Å². The lowest BCUT2D eigenvalue weighted by Gasteiger charge is -2.30. The summed E-state index contributed by atoms with van der Waals surface area (Å²) in [5.41, 5.74) is 0. The Kier molecular flexibility index (Phi) is 9.30. The minimum Gasteiger partial charge on any atom is -0.481 e. The van der Waals surface area contributed by atoms with Gasteiger partial charge in [-0.05, 0) is 80.1 Å². The van der Waals surface area contributed by atoms with Crippen LogP contribution in [0.2, 0.25) is 0 Å². The van der Waals surface area contributed by atoms with Crippen LogP contribution in [0.3, 0.4) is 0 Å². The lowest BCUT2D eigenvalue weighted by atomic mass is 9.78. The number of thioether (sulfide) groups is 1. The van der Waals surface area contributed by atoms with E-state index in [2.05, 4.69) is 30.8 Å². The summed E-state index contributed by atoms with van der Waals surface area (Å²) in [7, 11) is 0. The van der Waals surface area contributed by atoms with Crippen LogP contribution in [0.15, 0.2) is 12.2 Å². The van der Waals surface area contributed by atoms with Gasteiger partial charge in [-0.2, -0.15) is 11.8 Å². The highest BCUT2D eigenvalue weighted by atomic mass is 32.2. The van der Waals surface area contributed by atoms with Gasteiger partial charge in [-0.1, -0.05) is 38.3 Å². The molecule has 2 aliphatic carbocycles. The Bertz CT molecular complexity index is 393. The fourth-order valence-electron chi connectivity index (χ4n) is 4.75. The molecule has 4 atom stereocenters. The minimum absolute atomic E-state index is 0.301. The second-order valence-electron chi connectivity index (χ2n) is 7.79. The quantitative estimate of drug-likeness (QED) is 0.318. The molecule has 2 saturated carbocycles. The van der Waals surface area contributed by atoms with Crippen molar-refractivity contribution < 1.29 is 9.90 Å². The van der Waals surface area contributed by atoms with E-state index in [1.54, 1.807) is 0 Å². The van der Waals surface area contributed by atoms with Crippen LogP contribution in [-0.2, 0) is 4.79 Å². The molecule has 0 aromatic rings. The fraction of sp³-hybridized carbons (Fsp3) is 0.857. The second kappa shape index (κ2) is 11.2. The van der Waals surface area contributed by atoms with Crippen LogP contribution >= 0.6 is 11.8 Å².